The Morgan fingerprint density at radius 2 is 1.74 bits per heavy atom. The smallest absolute Gasteiger partial charge is 0.258 e. The molecule has 2 heterocycles. The number of carbonyl (C=O) groups is 1. The molecule has 8 nitrogen and oxygen atoms in total. The van der Waals surface area contributed by atoms with Crippen molar-refractivity contribution in [2.45, 2.75) is 13.2 Å². The van der Waals surface area contributed by atoms with Gasteiger partial charge in [-0.2, -0.15) is 0 Å². The van der Waals surface area contributed by atoms with E-state index in [9.17, 15) is 9.18 Å². The molecule has 0 bridgehead atoms. The SMILES string of the molecule is O=C(Nc1ccc(COCc2ccccc2)cc1)c1cc(-c2ncc3nn[nH]c3n2)ccc1F. The molecule has 2 aromatic heterocycles. The van der Waals surface area contributed by atoms with Gasteiger partial charge in [0.1, 0.15) is 11.3 Å². The lowest BCUT2D eigenvalue weighted by molar-refractivity contribution is 0.102. The maximum atomic E-state index is 14.4. The summed E-state index contributed by atoms with van der Waals surface area (Å²) < 4.78 is 20.2. The minimum Gasteiger partial charge on any atom is -0.372 e. The Morgan fingerprint density at radius 1 is 0.971 bits per heavy atom. The lowest BCUT2D eigenvalue weighted by Crippen LogP contribution is -2.14. The Hall–Kier alpha value is -4.50. The van der Waals surface area contributed by atoms with E-state index in [1.807, 2.05) is 42.5 Å². The summed E-state index contributed by atoms with van der Waals surface area (Å²) in [5.74, 6) is -0.888. The second-order valence-electron chi connectivity index (χ2n) is 7.56. The second kappa shape index (κ2) is 9.55. The molecule has 0 aliphatic heterocycles. The number of nitrogens with one attached hydrogen (secondary N) is 2. The van der Waals surface area contributed by atoms with Crippen LogP contribution in [-0.4, -0.2) is 31.3 Å². The van der Waals surface area contributed by atoms with Crippen LogP contribution >= 0.6 is 0 Å². The zero-order chi connectivity index (χ0) is 23.3. The number of ether oxygens (including phenoxy) is 1. The predicted octanol–water partition coefficient (Wildman–Crippen LogP) is 4.52. The van der Waals surface area contributed by atoms with Gasteiger partial charge in [-0.15, -0.1) is 5.10 Å². The number of benzene rings is 3. The van der Waals surface area contributed by atoms with E-state index < -0.39 is 11.7 Å². The van der Waals surface area contributed by atoms with E-state index in [1.54, 1.807) is 12.1 Å². The van der Waals surface area contributed by atoms with Crippen LogP contribution in [0.1, 0.15) is 21.5 Å². The highest BCUT2D eigenvalue weighted by Gasteiger charge is 2.15. The summed E-state index contributed by atoms with van der Waals surface area (Å²) in [6.45, 7) is 0.957. The van der Waals surface area contributed by atoms with Crippen molar-refractivity contribution in [2.75, 3.05) is 5.32 Å². The van der Waals surface area contributed by atoms with Crippen LogP contribution in [-0.2, 0) is 18.0 Å². The largest absolute Gasteiger partial charge is 0.372 e. The van der Waals surface area contributed by atoms with Gasteiger partial charge < -0.3 is 10.1 Å². The molecule has 0 radical (unpaired) electrons. The number of hydrogen-bond donors (Lipinski definition) is 2. The first-order valence-electron chi connectivity index (χ1n) is 10.5. The fourth-order valence-corrected chi connectivity index (χ4v) is 3.38. The number of carbonyl (C=O) groups excluding carboxylic acids is 1. The van der Waals surface area contributed by atoms with E-state index in [1.165, 1.54) is 24.4 Å². The molecule has 0 fully saturated rings. The standard InChI is InChI=1S/C25H19FN6O2/c26-21-11-8-18(23-27-13-22-24(29-23)31-32-30-22)12-20(21)25(33)28-19-9-6-17(7-10-19)15-34-14-16-4-2-1-3-5-16/h1-13H,14-15H2,(H,28,33)(H,27,29,30,31,32). The second-order valence-corrected chi connectivity index (χ2v) is 7.56. The summed E-state index contributed by atoms with van der Waals surface area (Å²) in [6, 6.07) is 21.3. The first-order chi connectivity index (χ1) is 16.7. The van der Waals surface area contributed by atoms with Crippen LogP contribution in [0.4, 0.5) is 10.1 Å². The summed E-state index contributed by atoms with van der Waals surface area (Å²) in [5, 5.41) is 12.9. The first-order valence-corrected chi connectivity index (χ1v) is 10.5. The summed E-state index contributed by atoms with van der Waals surface area (Å²) in [6.07, 6.45) is 1.51. The quantitative estimate of drug-likeness (QED) is 0.375. The van der Waals surface area contributed by atoms with Gasteiger partial charge >= 0.3 is 0 Å². The molecule has 3 aromatic carbocycles. The molecular weight excluding hydrogens is 435 g/mol. The van der Waals surface area contributed by atoms with Gasteiger partial charge in [-0.05, 0) is 41.5 Å². The van der Waals surface area contributed by atoms with Gasteiger partial charge in [-0.1, -0.05) is 47.7 Å². The Kier molecular flexibility index (Phi) is 6.00. The van der Waals surface area contributed by atoms with Gasteiger partial charge in [-0.25, -0.2) is 19.5 Å². The number of aromatic nitrogens is 5. The molecule has 9 heteroatoms. The van der Waals surface area contributed by atoms with Crippen molar-refractivity contribution in [3.8, 4) is 11.4 Å². The van der Waals surface area contributed by atoms with Crippen LogP contribution in [0.3, 0.4) is 0 Å². The van der Waals surface area contributed by atoms with Crippen LogP contribution in [0.25, 0.3) is 22.6 Å². The molecule has 0 aliphatic carbocycles. The summed E-state index contributed by atoms with van der Waals surface area (Å²) in [4.78, 5) is 21.3. The van der Waals surface area contributed by atoms with Gasteiger partial charge in [0.05, 0.1) is 25.0 Å². The van der Waals surface area contributed by atoms with E-state index in [4.69, 9.17) is 4.74 Å². The molecule has 2 N–H and O–H groups in total. The average molecular weight is 454 g/mol. The molecule has 0 aliphatic rings. The number of anilines is 1. The number of fused-ring (bicyclic) bond motifs is 1. The topological polar surface area (TPSA) is 106 Å². The van der Waals surface area contributed by atoms with Crippen molar-refractivity contribution in [3.05, 3.63) is 102 Å². The highest BCUT2D eigenvalue weighted by Crippen LogP contribution is 2.21. The van der Waals surface area contributed by atoms with Crippen molar-refractivity contribution >= 4 is 22.8 Å². The molecule has 1 amide bonds. The van der Waals surface area contributed by atoms with E-state index in [-0.39, 0.29) is 5.56 Å². The maximum absolute atomic E-state index is 14.4. The fourth-order valence-electron chi connectivity index (χ4n) is 3.38. The zero-order valence-corrected chi connectivity index (χ0v) is 17.9. The number of H-pyrrole nitrogens is 1. The van der Waals surface area contributed by atoms with Gasteiger partial charge in [0.25, 0.3) is 5.91 Å². The van der Waals surface area contributed by atoms with Gasteiger partial charge in [0.2, 0.25) is 0 Å². The lowest BCUT2D eigenvalue weighted by atomic mass is 10.1. The number of halogens is 1. The molecule has 5 aromatic rings. The number of aromatic amines is 1. The third-order valence-corrected chi connectivity index (χ3v) is 5.14. The average Bonchev–Trinajstić information content (AvgIpc) is 3.34. The van der Waals surface area contributed by atoms with E-state index in [0.717, 1.165) is 11.1 Å². The van der Waals surface area contributed by atoms with Crippen LogP contribution in [0.5, 0.6) is 0 Å². The molecule has 5 rings (SSSR count). The minimum absolute atomic E-state index is 0.112. The Morgan fingerprint density at radius 3 is 2.53 bits per heavy atom. The molecule has 0 atom stereocenters. The van der Waals surface area contributed by atoms with Gasteiger partial charge in [0, 0.05) is 11.3 Å². The number of hydrogen-bond acceptors (Lipinski definition) is 6. The van der Waals surface area contributed by atoms with Crippen LogP contribution < -0.4 is 5.32 Å². The summed E-state index contributed by atoms with van der Waals surface area (Å²) >= 11 is 0. The van der Waals surface area contributed by atoms with Gasteiger partial charge in [-0.3, -0.25) is 4.79 Å². The molecule has 0 spiro atoms. The van der Waals surface area contributed by atoms with Crippen molar-refractivity contribution in [3.63, 3.8) is 0 Å². The minimum atomic E-state index is -0.642. The van der Waals surface area contributed by atoms with Crippen molar-refractivity contribution in [2.24, 2.45) is 0 Å². The van der Waals surface area contributed by atoms with Crippen molar-refractivity contribution < 1.29 is 13.9 Å². The van der Waals surface area contributed by atoms with Gasteiger partial charge in [0.15, 0.2) is 11.5 Å². The van der Waals surface area contributed by atoms with Crippen LogP contribution in [0, 0.1) is 5.82 Å². The Bertz CT molecular complexity index is 1440. The highest BCUT2D eigenvalue weighted by atomic mass is 19.1. The molecular formula is C25H19FN6O2. The van der Waals surface area contributed by atoms with Crippen molar-refractivity contribution in [1.82, 2.24) is 25.4 Å². The van der Waals surface area contributed by atoms with Crippen molar-refractivity contribution in [1.29, 1.82) is 0 Å². The Labute approximate surface area is 193 Å². The number of amides is 1. The molecule has 168 valence electrons. The molecule has 34 heavy (non-hydrogen) atoms. The molecule has 0 saturated carbocycles. The highest BCUT2D eigenvalue weighted by molar-refractivity contribution is 6.05. The van der Waals surface area contributed by atoms with E-state index in [2.05, 4.69) is 30.7 Å². The van der Waals surface area contributed by atoms with Crippen LogP contribution in [0.2, 0.25) is 0 Å². The summed E-state index contributed by atoms with van der Waals surface area (Å²) in [5.41, 5.74) is 3.95. The first kappa shape index (κ1) is 21.4. The predicted molar refractivity (Wildman–Crippen MR) is 124 cm³/mol. The lowest BCUT2D eigenvalue weighted by Gasteiger charge is -2.09. The molecule has 0 saturated heterocycles. The number of rotatable bonds is 7. The van der Waals surface area contributed by atoms with Crippen LogP contribution in [0.15, 0.2) is 79.0 Å². The monoisotopic (exact) mass is 454 g/mol. The zero-order valence-electron chi connectivity index (χ0n) is 17.9. The molecule has 0 unspecified atom stereocenters. The fraction of sp³-hybridized carbons (Fsp3) is 0.0800. The Balaban J connectivity index is 1.25. The summed E-state index contributed by atoms with van der Waals surface area (Å²) in [7, 11) is 0. The van der Waals surface area contributed by atoms with E-state index in [0.29, 0.717) is 41.5 Å². The third kappa shape index (κ3) is 4.79. The van der Waals surface area contributed by atoms with E-state index >= 15 is 0 Å². The maximum Gasteiger partial charge on any atom is 0.258 e. The number of nitrogens with zero attached hydrogens (tertiary/aromatic N) is 4. The third-order valence-electron chi connectivity index (χ3n) is 5.14. The normalized spacial score (nSPS) is 11.0.